The van der Waals surface area contributed by atoms with E-state index < -0.39 is 0 Å². The summed E-state index contributed by atoms with van der Waals surface area (Å²) in [6, 6.07) is 4.38. The van der Waals surface area contributed by atoms with Crippen LogP contribution in [0.15, 0.2) is 24.5 Å². The van der Waals surface area contributed by atoms with E-state index in [2.05, 4.69) is 36.4 Å². The molecule has 3 rings (SSSR count). The van der Waals surface area contributed by atoms with E-state index in [1.165, 1.54) is 5.56 Å². The minimum Gasteiger partial charge on any atom is -0.337 e. The predicted octanol–water partition coefficient (Wildman–Crippen LogP) is 1.70. The molecule has 0 aliphatic carbocycles. The predicted molar refractivity (Wildman–Crippen MR) is 90.1 cm³/mol. The number of imidazole rings is 1. The molecule has 118 valence electrons. The Kier molecular flexibility index (Phi) is 4.69. The first-order valence-electron chi connectivity index (χ1n) is 7.65. The second-order valence-electron chi connectivity index (χ2n) is 5.84. The number of fused-ring (bicyclic) bond motifs is 1. The largest absolute Gasteiger partial charge is 0.337 e. The Morgan fingerprint density at radius 3 is 3.14 bits per heavy atom. The van der Waals surface area contributed by atoms with Gasteiger partial charge in [0.2, 0.25) is 5.91 Å². The van der Waals surface area contributed by atoms with Crippen molar-refractivity contribution in [3.05, 3.63) is 35.8 Å². The smallest absolute Gasteiger partial charge is 0.232 e. The van der Waals surface area contributed by atoms with Crippen molar-refractivity contribution in [1.29, 1.82) is 0 Å². The van der Waals surface area contributed by atoms with Crippen LogP contribution in [0.5, 0.6) is 0 Å². The summed E-state index contributed by atoms with van der Waals surface area (Å²) in [6.45, 7) is 6.77. The summed E-state index contributed by atoms with van der Waals surface area (Å²) in [5.41, 5.74) is 3.20. The first kappa shape index (κ1) is 15.4. The van der Waals surface area contributed by atoms with E-state index in [0.29, 0.717) is 11.8 Å². The molecule has 1 N–H and O–H groups in total. The lowest BCUT2D eigenvalue weighted by Crippen LogP contribution is -2.52. The Hall–Kier alpha value is -1.53. The first-order chi connectivity index (χ1) is 10.6. The normalized spacial score (nSPS) is 18.8. The van der Waals surface area contributed by atoms with Gasteiger partial charge in [0.1, 0.15) is 5.65 Å². The van der Waals surface area contributed by atoms with Crippen LogP contribution >= 0.6 is 11.8 Å². The molecule has 1 saturated heterocycles. The average molecular weight is 318 g/mol. The SMILES string of the molecule is Cc1ccc2nc(CSCC(=O)N3CCNC[C@H]3C)cn2c1. The number of hydrogen-bond donors (Lipinski definition) is 1. The molecule has 0 unspecified atom stereocenters. The number of thioether (sulfide) groups is 1. The Bertz CT molecular complexity index is 669. The molecule has 0 aromatic carbocycles. The minimum absolute atomic E-state index is 0.235. The molecule has 1 aliphatic rings. The van der Waals surface area contributed by atoms with Gasteiger partial charge in [-0.2, -0.15) is 0 Å². The first-order valence-corrected chi connectivity index (χ1v) is 8.81. The third-order valence-electron chi connectivity index (χ3n) is 3.95. The zero-order valence-corrected chi connectivity index (χ0v) is 13.9. The lowest BCUT2D eigenvalue weighted by atomic mass is 10.2. The lowest BCUT2D eigenvalue weighted by Gasteiger charge is -2.33. The molecule has 2 aromatic rings. The fraction of sp³-hybridized carbons (Fsp3) is 0.500. The molecular formula is C16H22N4OS. The molecule has 1 fully saturated rings. The van der Waals surface area contributed by atoms with Crippen LogP contribution in [0.2, 0.25) is 0 Å². The number of rotatable bonds is 4. The molecule has 6 heteroatoms. The number of carbonyl (C=O) groups excluding carboxylic acids is 1. The van der Waals surface area contributed by atoms with Crippen molar-refractivity contribution in [2.75, 3.05) is 25.4 Å². The third-order valence-corrected chi connectivity index (χ3v) is 4.90. The molecule has 1 amide bonds. The Morgan fingerprint density at radius 1 is 1.45 bits per heavy atom. The van der Waals surface area contributed by atoms with Crippen LogP contribution in [0.1, 0.15) is 18.2 Å². The number of piperazine rings is 1. The summed E-state index contributed by atoms with van der Waals surface area (Å²) in [5.74, 6) is 1.53. The van der Waals surface area contributed by atoms with Crippen LogP contribution in [0, 0.1) is 6.92 Å². The second kappa shape index (κ2) is 6.71. The number of amides is 1. The van der Waals surface area contributed by atoms with Crippen molar-refractivity contribution in [3.63, 3.8) is 0 Å². The summed E-state index contributed by atoms with van der Waals surface area (Å²) >= 11 is 1.64. The number of pyridine rings is 1. The molecule has 2 aromatic heterocycles. The number of aryl methyl sites for hydroxylation is 1. The Balaban J connectivity index is 1.54. The quantitative estimate of drug-likeness (QED) is 0.932. The molecule has 0 saturated carbocycles. The van der Waals surface area contributed by atoms with E-state index >= 15 is 0 Å². The minimum atomic E-state index is 0.235. The molecule has 0 radical (unpaired) electrons. The molecule has 22 heavy (non-hydrogen) atoms. The van der Waals surface area contributed by atoms with E-state index in [9.17, 15) is 4.79 Å². The Morgan fingerprint density at radius 2 is 2.32 bits per heavy atom. The van der Waals surface area contributed by atoms with E-state index in [0.717, 1.165) is 36.7 Å². The van der Waals surface area contributed by atoms with Gasteiger partial charge >= 0.3 is 0 Å². The van der Waals surface area contributed by atoms with Crippen LogP contribution in [0.3, 0.4) is 0 Å². The van der Waals surface area contributed by atoms with E-state index in [1.54, 1.807) is 11.8 Å². The molecule has 0 spiro atoms. The van der Waals surface area contributed by atoms with E-state index in [4.69, 9.17) is 0 Å². The monoisotopic (exact) mass is 318 g/mol. The van der Waals surface area contributed by atoms with Gasteiger partial charge in [-0.1, -0.05) is 6.07 Å². The number of aromatic nitrogens is 2. The maximum absolute atomic E-state index is 12.3. The highest BCUT2D eigenvalue weighted by atomic mass is 32.2. The van der Waals surface area contributed by atoms with Crippen molar-refractivity contribution in [2.45, 2.75) is 25.6 Å². The number of hydrogen-bond acceptors (Lipinski definition) is 4. The van der Waals surface area contributed by atoms with Gasteiger partial charge in [-0.15, -0.1) is 11.8 Å². The highest BCUT2D eigenvalue weighted by Gasteiger charge is 2.22. The van der Waals surface area contributed by atoms with Crippen molar-refractivity contribution in [1.82, 2.24) is 19.6 Å². The van der Waals surface area contributed by atoms with Gasteiger partial charge < -0.3 is 14.6 Å². The van der Waals surface area contributed by atoms with Gasteiger partial charge in [-0.3, -0.25) is 4.79 Å². The van der Waals surface area contributed by atoms with Gasteiger partial charge in [-0.25, -0.2) is 4.98 Å². The van der Waals surface area contributed by atoms with Crippen molar-refractivity contribution in [2.24, 2.45) is 0 Å². The number of nitrogens with one attached hydrogen (secondary N) is 1. The average Bonchev–Trinajstić information content (AvgIpc) is 2.89. The fourth-order valence-corrected chi connectivity index (χ4v) is 3.55. The molecule has 3 heterocycles. The molecular weight excluding hydrogens is 296 g/mol. The van der Waals surface area contributed by atoms with Crippen molar-refractivity contribution in [3.8, 4) is 0 Å². The molecule has 1 atom stereocenters. The maximum atomic E-state index is 12.3. The Labute approximate surface area is 135 Å². The lowest BCUT2D eigenvalue weighted by molar-refractivity contribution is -0.131. The van der Waals surface area contributed by atoms with Gasteiger partial charge in [-0.05, 0) is 25.5 Å². The van der Waals surface area contributed by atoms with Crippen molar-refractivity contribution >= 4 is 23.3 Å². The van der Waals surface area contributed by atoms with Crippen LogP contribution < -0.4 is 5.32 Å². The molecule has 5 nitrogen and oxygen atoms in total. The van der Waals surface area contributed by atoms with Crippen LogP contribution in [-0.4, -0.2) is 51.6 Å². The topological polar surface area (TPSA) is 49.6 Å². The zero-order chi connectivity index (χ0) is 15.5. The number of nitrogens with zero attached hydrogens (tertiary/aromatic N) is 3. The second-order valence-corrected chi connectivity index (χ2v) is 6.82. The summed E-state index contributed by atoms with van der Waals surface area (Å²) in [4.78, 5) is 18.8. The van der Waals surface area contributed by atoms with E-state index in [-0.39, 0.29) is 5.91 Å². The van der Waals surface area contributed by atoms with Gasteiger partial charge in [0.15, 0.2) is 0 Å². The zero-order valence-electron chi connectivity index (χ0n) is 13.1. The van der Waals surface area contributed by atoms with Crippen LogP contribution in [-0.2, 0) is 10.5 Å². The van der Waals surface area contributed by atoms with E-state index in [1.807, 2.05) is 21.6 Å². The summed E-state index contributed by atoms with van der Waals surface area (Å²) in [7, 11) is 0. The van der Waals surface area contributed by atoms with Crippen molar-refractivity contribution < 1.29 is 4.79 Å². The summed E-state index contributed by atoms with van der Waals surface area (Å²) < 4.78 is 2.05. The van der Waals surface area contributed by atoms with Gasteiger partial charge in [0.25, 0.3) is 0 Å². The van der Waals surface area contributed by atoms with Crippen LogP contribution in [0.25, 0.3) is 5.65 Å². The summed E-state index contributed by atoms with van der Waals surface area (Å²) in [6.07, 6.45) is 4.12. The molecule has 1 aliphatic heterocycles. The third kappa shape index (κ3) is 3.44. The van der Waals surface area contributed by atoms with Gasteiger partial charge in [0.05, 0.1) is 11.4 Å². The van der Waals surface area contributed by atoms with Crippen LogP contribution in [0.4, 0.5) is 0 Å². The highest BCUT2D eigenvalue weighted by molar-refractivity contribution is 7.99. The maximum Gasteiger partial charge on any atom is 0.232 e. The number of carbonyl (C=O) groups is 1. The fourth-order valence-electron chi connectivity index (χ4n) is 2.76. The summed E-state index contributed by atoms with van der Waals surface area (Å²) in [5, 5.41) is 3.31. The standard InChI is InChI=1S/C16H22N4OS/c1-12-3-4-15-18-14(9-19(15)8-12)10-22-11-16(21)20-6-5-17-7-13(20)2/h3-4,8-9,13,17H,5-7,10-11H2,1-2H3/t13-/m1/s1. The molecule has 0 bridgehead atoms. The highest BCUT2D eigenvalue weighted by Crippen LogP contribution is 2.15. The van der Waals surface area contributed by atoms with Gasteiger partial charge in [0, 0.05) is 43.8 Å².